The summed E-state index contributed by atoms with van der Waals surface area (Å²) in [5.74, 6) is -1.21. The molecule has 120 valence electrons. The van der Waals surface area contributed by atoms with Gasteiger partial charge in [0.15, 0.2) is 0 Å². The van der Waals surface area contributed by atoms with Gasteiger partial charge in [0.2, 0.25) is 5.91 Å². The van der Waals surface area contributed by atoms with Gasteiger partial charge >= 0.3 is 11.9 Å². The molecule has 21 heavy (non-hydrogen) atoms. The molecule has 6 heteroatoms. The lowest BCUT2D eigenvalue weighted by Gasteiger charge is -2.21. The minimum Gasteiger partial charge on any atom is -0.460 e. The van der Waals surface area contributed by atoms with E-state index in [1.54, 1.807) is 20.8 Å². The molecule has 0 heterocycles. The van der Waals surface area contributed by atoms with Gasteiger partial charge in [-0.15, -0.1) is 0 Å². The summed E-state index contributed by atoms with van der Waals surface area (Å²) in [7, 11) is 0. The number of esters is 2. The predicted molar refractivity (Wildman–Crippen MR) is 78.4 cm³/mol. The van der Waals surface area contributed by atoms with Crippen molar-refractivity contribution in [2.75, 3.05) is 6.61 Å². The van der Waals surface area contributed by atoms with E-state index in [-0.39, 0.29) is 30.6 Å². The summed E-state index contributed by atoms with van der Waals surface area (Å²) >= 11 is 0. The van der Waals surface area contributed by atoms with Crippen molar-refractivity contribution in [1.82, 2.24) is 5.32 Å². The number of hydrogen-bond acceptors (Lipinski definition) is 5. The van der Waals surface area contributed by atoms with Gasteiger partial charge in [-0.05, 0) is 19.8 Å². The van der Waals surface area contributed by atoms with Crippen molar-refractivity contribution in [2.24, 2.45) is 5.92 Å². The Morgan fingerprint density at radius 1 is 1.05 bits per heavy atom. The average Bonchev–Trinajstić information content (AvgIpc) is 2.39. The van der Waals surface area contributed by atoms with E-state index in [9.17, 15) is 14.4 Å². The van der Waals surface area contributed by atoms with Gasteiger partial charge in [-0.25, -0.2) is 9.59 Å². The zero-order valence-corrected chi connectivity index (χ0v) is 13.3. The van der Waals surface area contributed by atoms with Crippen LogP contribution in [0.2, 0.25) is 0 Å². The maximum atomic E-state index is 11.5. The Bertz CT molecular complexity index is 388. The molecular weight excluding hydrogens is 274 g/mol. The first-order chi connectivity index (χ1) is 9.76. The highest BCUT2D eigenvalue weighted by molar-refractivity contribution is 5.91. The predicted octanol–water partition coefficient (Wildman–Crippen LogP) is 1.59. The van der Waals surface area contributed by atoms with E-state index in [1.807, 2.05) is 13.8 Å². The van der Waals surface area contributed by atoms with Crippen molar-refractivity contribution in [3.63, 3.8) is 0 Å². The third-order valence-corrected chi connectivity index (χ3v) is 2.58. The number of rotatable bonds is 8. The second-order valence-corrected chi connectivity index (χ2v) is 5.22. The lowest BCUT2D eigenvalue weighted by atomic mass is 10.1. The van der Waals surface area contributed by atoms with Crippen LogP contribution in [0.25, 0.3) is 0 Å². The summed E-state index contributed by atoms with van der Waals surface area (Å²) in [6, 6.07) is -0.252. The smallest absolute Gasteiger partial charge is 0.331 e. The minimum atomic E-state index is -0.646. The first-order valence-electron chi connectivity index (χ1n) is 7.11. The molecule has 0 spiro atoms. The summed E-state index contributed by atoms with van der Waals surface area (Å²) in [6.45, 7) is 9.09. The van der Waals surface area contributed by atoms with E-state index in [2.05, 4.69) is 5.32 Å². The highest BCUT2D eigenvalue weighted by Crippen LogP contribution is 2.03. The first-order valence-corrected chi connectivity index (χ1v) is 7.11. The van der Waals surface area contributed by atoms with E-state index in [4.69, 9.17) is 9.47 Å². The topological polar surface area (TPSA) is 81.7 Å². The molecule has 0 saturated carbocycles. The molecular formula is C15H25NO5. The highest BCUT2D eigenvalue weighted by Gasteiger charge is 2.17. The molecule has 0 aromatic carbocycles. The van der Waals surface area contributed by atoms with Gasteiger partial charge in [-0.1, -0.05) is 20.8 Å². The maximum Gasteiger partial charge on any atom is 0.331 e. The van der Waals surface area contributed by atoms with Crippen LogP contribution in [-0.2, 0) is 23.9 Å². The Labute approximate surface area is 125 Å². The summed E-state index contributed by atoms with van der Waals surface area (Å²) in [6.07, 6.45) is 2.17. The van der Waals surface area contributed by atoms with Gasteiger partial charge in [-0.2, -0.15) is 0 Å². The van der Waals surface area contributed by atoms with Gasteiger partial charge in [0.05, 0.1) is 12.1 Å². The van der Waals surface area contributed by atoms with Crippen molar-refractivity contribution in [3.05, 3.63) is 12.2 Å². The number of amides is 1. The standard InChI is InChI=1S/C15H25NO5/c1-6-13(17)16-12(10(2)3)9-20-14(18)7-8-15(19)21-11(4)5/h7-8,10-12H,6,9H2,1-5H3,(H,16,17)/b8-7+. The van der Waals surface area contributed by atoms with E-state index < -0.39 is 11.9 Å². The summed E-state index contributed by atoms with van der Waals surface area (Å²) in [5.41, 5.74) is 0. The van der Waals surface area contributed by atoms with Crippen molar-refractivity contribution < 1.29 is 23.9 Å². The fourth-order valence-corrected chi connectivity index (χ4v) is 1.34. The molecule has 0 aromatic heterocycles. The number of carbonyl (C=O) groups is 3. The Balaban J connectivity index is 4.28. The van der Waals surface area contributed by atoms with Crippen LogP contribution in [0, 0.1) is 5.92 Å². The molecule has 0 aliphatic carbocycles. The molecule has 1 N–H and O–H groups in total. The van der Waals surface area contributed by atoms with Crippen molar-refractivity contribution in [3.8, 4) is 0 Å². The first kappa shape index (κ1) is 19.1. The molecule has 0 aromatic rings. The fourth-order valence-electron chi connectivity index (χ4n) is 1.34. The molecule has 1 amide bonds. The fraction of sp³-hybridized carbons (Fsp3) is 0.667. The van der Waals surface area contributed by atoms with Crippen molar-refractivity contribution >= 4 is 17.8 Å². The van der Waals surface area contributed by atoms with Crippen LogP contribution < -0.4 is 5.32 Å². The summed E-state index contributed by atoms with van der Waals surface area (Å²) < 4.78 is 9.86. The minimum absolute atomic E-state index is 0.0613. The second-order valence-electron chi connectivity index (χ2n) is 5.22. The zero-order valence-electron chi connectivity index (χ0n) is 13.3. The van der Waals surface area contributed by atoms with E-state index in [0.29, 0.717) is 6.42 Å². The van der Waals surface area contributed by atoms with Crippen molar-refractivity contribution in [2.45, 2.75) is 53.2 Å². The Morgan fingerprint density at radius 3 is 2.10 bits per heavy atom. The number of ether oxygens (including phenoxy) is 2. The molecule has 6 nitrogen and oxygen atoms in total. The van der Waals surface area contributed by atoms with Gasteiger partial charge in [0, 0.05) is 18.6 Å². The van der Waals surface area contributed by atoms with E-state index >= 15 is 0 Å². The molecule has 0 fully saturated rings. The average molecular weight is 299 g/mol. The van der Waals surface area contributed by atoms with Crippen LogP contribution in [0.1, 0.15) is 41.0 Å². The summed E-state index contributed by atoms with van der Waals surface area (Å²) in [4.78, 5) is 34.1. The highest BCUT2D eigenvalue weighted by atomic mass is 16.5. The zero-order chi connectivity index (χ0) is 16.4. The van der Waals surface area contributed by atoms with Crippen LogP contribution in [0.3, 0.4) is 0 Å². The molecule has 1 unspecified atom stereocenters. The quantitative estimate of drug-likeness (QED) is 0.543. The van der Waals surface area contributed by atoms with Crippen LogP contribution in [0.15, 0.2) is 12.2 Å². The monoisotopic (exact) mass is 299 g/mol. The van der Waals surface area contributed by atoms with Gasteiger partial charge < -0.3 is 14.8 Å². The Hall–Kier alpha value is -1.85. The number of hydrogen-bond donors (Lipinski definition) is 1. The Morgan fingerprint density at radius 2 is 1.62 bits per heavy atom. The molecule has 0 aliphatic heterocycles. The number of nitrogens with one attached hydrogen (secondary N) is 1. The van der Waals surface area contributed by atoms with Crippen LogP contribution in [-0.4, -0.2) is 36.6 Å². The van der Waals surface area contributed by atoms with Gasteiger partial charge in [-0.3, -0.25) is 4.79 Å². The van der Waals surface area contributed by atoms with Crippen LogP contribution >= 0.6 is 0 Å². The largest absolute Gasteiger partial charge is 0.460 e. The lowest BCUT2D eigenvalue weighted by molar-refractivity contribution is -0.143. The van der Waals surface area contributed by atoms with Gasteiger partial charge in [0.25, 0.3) is 0 Å². The molecule has 0 bridgehead atoms. The normalized spacial score (nSPS) is 12.5. The van der Waals surface area contributed by atoms with E-state index in [0.717, 1.165) is 12.2 Å². The van der Waals surface area contributed by atoms with Gasteiger partial charge in [0.1, 0.15) is 6.61 Å². The summed E-state index contributed by atoms with van der Waals surface area (Å²) in [5, 5.41) is 2.78. The Kier molecular flexibility index (Phi) is 9.08. The van der Waals surface area contributed by atoms with Crippen LogP contribution in [0.4, 0.5) is 0 Å². The maximum absolute atomic E-state index is 11.5. The third-order valence-electron chi connectivity index (χ3n) is 2.58. The SMILES string of the molecule is CCC(=O)NC(COC(=O)/C=C/C(=O)OC(C)C)C(C)C. The molecule has 0 saturated heterocycles. The molecule has 1 atom stereocenters. The van der Waals surface area contributed by atoms with Crippen molar-refractivity contribution in [1.29, 1.82) is 0 Å². The molecule has 0 aliphatic rings. The van der Waals surface area contributed by atoms with E-state index in [1.165, 1.54) is 0 Å². The molecule has 0 radical (unpaired) electrons. The third kappa shape index (κ3) is 9.65. The van der Waals surface area contributed by atoms with Crippen LogP contribution in [0.5, 0.6) is 0 Å². The lowest BCUT2D eigenvalue weighted by Crippen LogP contribution is -2.42. The number of carbonyl (C=O) groups excluding carboxylic acids is 3. The second kappa shape index (κ2) is 9.96. The molecule has 0 rings (SSSR count).